The highest BCUT2D eigenvalue weighted by Crippen LogP contribution is 2.39. The van der Waals surface area contributed by atoms with Crippen molar-refractivity contribution in [3.63, 3.8) is 0 Å². The number of carbonyl (C=O) groups is 1. The first-order chi connectivity index (χ1) is 9.31. The summed E-state index contributed by atoms with van der Waals surface area (Å²) in [6, 6.07) is 2.17. The van der Waals surface area contributed by atoms with E-state index in [2.05, 4.69) is 16.5 Å². The molecule has 3 heterocycles. The SMILES string of the molecule is O=C(c1ccsc1)N1CC(n2cc(C3CC3)nn2)C1. The quantitative estimate of drug-likeness (QED) is 0.859. The molecule has 19 heavy (non-hydrogen) atoms. The van der Waals surface area contributed by atoms with Gasteiger partial charge in [-0.2, -0.15) is 11.3 Å². The number of nitrogens with zero attached hydrogens (tertiary/aromatic N) is 4. The van der Waals surface area contributed by atoms with Crippen molar-refractivity contribution < 1.29 is 4.79 Å². The average Bonchev–Trinajstić information content (AvgIpc) is 2.90. The molecule has 0 bridgehead atoms. The maximum absolute atomic E-state index is 12.1. The van der Waals surface area contributed by atoms with Crippen molar-refractivity contribution >= 4 is 17.2 Å². The van der Waals surface area contributed by atoms with Gasteiger partial charge in [-0.25, -0.2) is 4.68 Å². The summed E-state index contributed by atoms with van der Waals surface area (Å²) in [6.45, 7) is 1.48. The van der Waals surface area contributed by atoms with E-state index < -0.39 is 0 Å². The smallest absolute Gasteiger partial charge is 0.254 e. The summed E-state index contributed by atoms with van der Waals surface area (Å²) in [5, 5.41) is 12.2. The maximum atomic E-state index is 12.1. The minimum atomic E-state index is 0.125. The van der Waals surface area contributed by atoms with E-state index in [-0.39, 0.29) is 5.91 Å². The topological polar surface area (TPSA) is 51.0 Å². The average molecular weight is 274 g/mol. The summed E-state index contributed by atoms with van der Waals surface area (Å²) in [5.41, 5.74) is 1.91. The van der Waals surface area contributed by atoms with Crippen LogP contribution in [-0.2, 0) is 0 Å². The molecule has 2 aliphatic rings. The number of thiophene rings is 1. The Hall–Kier alpha value is -1.69. The van der Waals surface area contributed by atoms with Gasteiger partial charge in [-0.1, -0.05) is 5.21 Å². The Morgan fingerprint density at radius 3 is 2.89 bits per heavy atom. The Kier molecular flexibility index (Phi) is 2.44. The summed E-state index contributed by atoms with van der Waals surface area (Å²) < 4.78 is 1.92. The highest BCUT2D eigenvalue weighted by molar-refractivity contribution is 7.08. The third-order valence-corrected chi connectivity index (χ3v) is 4.50. The molecular weight excluding hydrogens is 260 g/mol. The fourth-order valence-corrected chi connectivity index (χ4v) is 3.02. The summed E-state index contributed by atoms with van der Waals surface area (Å²) >= 11 is 1.56. The van der Waals surface area contributed by atoms with Crippen molar-refractivity contribution in [3.05, 3.63) is 34.3 Å². The molecule has 6 heteroatoms. The zero-order valence-corrected chi connectivity index (χ0v) is 11.2. The zero-order valence-electron chi connectivity index (χ0n) is 10.4. The van der Waals surface area contributed by atoms with E-state index in [0.29, 0.717) is 12.0 Å². The van der Waals surface area contributed by atoms with E-state index in [1.807, 2.05) is 26.4 Å². The van der Waals surface area contributed by atoms with Crippen molar-refractivity contribution in [1.29, 1.82) is 0 Å². The van der Waals surface area contributed by atoms with Gasteiger partial charge in [0.1, 0.15) is 0 Å². The molecule has 0 unspecified atom stereocenters. The molecule has 0 spiro atoms. The van der Waals surface area contributed by atoms with Crippen LogP contribution in [0.1, 0.15) is 40.9 Å². The number of hydrogen-bond acceptors (Lipinski definition) is 4. The van der Waals surface area contributed by atoms with Crippen molar-refractivity contribution in [1.82, 2.24) is 19.9 Å². The first kappa shape index (κ1) is 11.2. The normalized spacial score (nSPS) is 19.5. The highest BCUT2D eigenvalue weighted by atomic mass is 32.1. The Morgan fingerprint density at radius 2 is 2.21 bits per heavy atom. The molecule has 1 aliphatic carbocycles. The zero-order chi connectivity index (χ0) is 12.8. The summed E-state index contributed by atoms with van der Waals surface area (Å²) in [6.07, 6.45) is 4.53. The lowest BCUT2D eigenvalue weighted by Crippen LogP contribution is -2.50. The van der Waals surface area contributed by atoms with E-state index in [9.17, 15) is 4.79 Å². The third kappa shape index (κ3) is 1.96. The first-order valence-electron chi connectivity index (χ1n) is 6.54. The van der Waals surface area contributed by atoms with Gasteiger partial charge in [0.05, 0.1) is 17.3 Å². The van der Waals surface area contributed by atoms with Crippen molar-refractivity contribution in [2.75, 3.05) is 13.1 Å². The molecular formula is C13H14N4OS. The van der Waals surface area contributed by atoms with Crippen LogP contribution in [0.4, 0.5) is 0 Å². The molecule has 0 N–H and O–H groups in total. The van der Waals surface area contributed by atoms with Gasteiger partial charge in [-0.05, 0) is 24.3 Å². The van der Waals surface area contributed by atoms with Gasteiger partial charge in [0, 0.05) is 30.6 Å². The van der Waals surface area contributed by atoms with Gasteiger partial charge in [0.15, 0.2) is 0 Å². The van der Waals surface area contributed by atoms with Crippen LogP contribution < -0.4 is 0 Å². The second-order valence-electron chi connectivity index (χ2n) is 5.27. The summed E-state index contributed by atoms with van der Waals surface area (Å²) in [5.74, 6) is 0.761. The fourth-order valence-electron chi connectivity index (χ4n) is 2.39. The molecule has 2 aromatic heterocycles. The Balaban J connectivity index is 1.40. The number of aromatic nitrogens is 3. The van der Waals surface area contributed by atoms with E-state index in [4.69, 9.17) is 0 Å². The molecule has 0 atom stereocenters. The van der Waals surface area contributed by atoms with Gasteiger partial charge >= 0.3 is 0 Å². The molecule has 4 rings (SSSR count). The first-order valence-corrected chi connectivity index (χ1v) is 7.49. The molecule has 1 saturated heterocycles. The van der Waals surface area contributed by atoms with Crippen LogP contribution in [0, 0.1) is 0 Å². The molecule has 1 saturated carbocycles. The number of amides is 1. The predicted molar refractivity (Wildman–Crippen MR) is 71.3 cm³/mol. The number of likely N-dealkylation sites (tertiary alicyclic amines) is 1. The minimum absolute atomic E-state index is 0.125. The van der Waals surface area contributed by atoms with Gasteiger partial charge in [-0.3, -0.25) is 4.79 Å². The summed E-state index contributed by atoms with van der Waals surface area (Å²) in [7, 11) is 0. The molecule has 1 amide bonds. The monoisotopic (exact) mass is 274 g/mol. The van der Waals surface area contributed by atoms with Crippen LogP contribution in [0.5, 0.6) is 0 Å². The Bertz CT molecular complexity index is 596. The molecule has 2 aromatic rings. The van der Waals surface area contributed by atoms with Crippen molar-refractivity contribution in [2.24, 2.45) is 0 Å². The van der Waals surface area contributed by atoms with Gasteiger partial charge in [-0.15, -0.1) is 5.10 Å². The van der Waals surface area contributed by atoms with Crippen LogP contribution in [0.3, 0.4) is 0 Å². The summed E-state index contributed by atoms with van der Waals surface area (Å²) in [4.78, 5) is 13.9. The van der Waals surface area contributed by atoms with Gasteiger partial charge in [0.2, 0.25) is 0 Å². The van der Waals surface area contributed by atoms with E-state index >= 15 is 0 Å². The lowest BCUT2D eigenvalue weighted by Gasteiger charge is -2.38. The number of hydrogen-bond donors (Lipinski definition) is 0. The lowest BCUT2D eigenvalue weighted by atomic mass is 10.1. The molecule has 98 valence electrons. The lowest BCUT2D eigenvalue weighted by molar-refractivity contribution is 0.0499. The van der Waals surface area contributed by atoms with Crippen molar-refractivity contribution in [2.45, 2.75) is 24.8 Å². The van der Waals surface area contributed by atoms with E-state index in [0.717, 1.165) is 24.3 Å². The molecule has 2 fully saturated rings. The maximum Gasteiger partial charge on any atom is 0.254 e. The highest BCUT2D eigenvalue weighted by Gasteiger charge is 2.34. The van der Waals surface area contributed by atoms with Crippen LogP contribution in [0.25, 0.3) is 0 Å². The minimum Gasteiger partial charge on any atom is -0.334 e. The third-order valence-electron chi connectivity index (χ3n) is 3.82. The molecule has 5 nitrogen and oxygen atoms in total. The Labute approximate surface area is 114 Å². The van der Waals surface area contributed by atoms with Crippen molar-refractivity contribution in [3.8, 4) is 0 Å². The largest absolute Gasteiger partial charge is 0.334 e. The second-order valence-corrected chi connectivity index (χ2v) is 6.05. The van der Waals surface area contributed by atoms with Gasteiger partial charge in [0.25, 0.3) is 5.91 Å². The van der Waals surface area contributed by atoms with E-state index in [1.165, 1.54) is 12.8 Å². The predicted octanol–water partition coefficient (Wildman–Crippen LogP) is 1.91. The molecule has 0 aromatic carbocycles. The second kappa shape index (κ2) is 4.16. The van der Waals surface area contributed by atoms with Crippen LogP contribution in [-0.4, -0.2) is 38.9 Å². The van der Waals surface area contributed by atoms with E-state index in [1.54, 1.807) is 11.3 Å². The molecule has 0 radical (unpaired) electrons. The van der Waals surface area contributed by atoms with Crippen LogP contribution in [0.15, 0.2) is 23.0 Å². The standard InChI is InChI=1S/C13H14N4OS/c18-13(10-3-4-19-8-10)16-5-11(6-16)17-7-12(14-15-17)9-1-2-9/h3-4,7-9,11H,1-2,5-6H2. The van der Waals surface area contributed by atoms with Crippen LogP contribution in [0.2, 0.25) is 0 Å². The molecule has 1 aliphatic heterocycles. The van der Waals surface area contributed by atoms with Crippen LogP contribution >= 0.6 is 11.3 Å². The van der Waals surface area contributed by atoms with Gasteiger partial charge < -0.3 is 4.90 Å². The number of rotatable bonds is 3. The Morgan fingerprint density at radius 1 is 1.37 bits per heavy atom. The fraction of sp³-hybridized carbons (Fsp3) is 0.462. The number of carbonyl (C=O) groups excluding carboxylic acids is 1.